The van der Waals surface area contributed by atoms with E-state index >= 15 is 0 Å². The maximum atomic E-state index is 12.0. The van der Waals surface area contributed by atoms with Crippen molar-refractivity contribution in [3.05, 3.63) is 47.5 Å². The molecule has 1 aliphatic rings. The molecule has 1 aromatic rings. The molecule has 0 unspecified atom stereocenters. The lowest BCUT2D eigenvalue weighted by Gasteiger charge is -2.17. The van der Waals surface area contributed by atoms with E-state index in [4.69, 9.17) is 0 Å². The number of amides is 1. The van der Waals surface area contributed by atoms with Crippen LogP contribution in [-0.4, -0.2) is 20.6 Å². The number of nitrogens with one attached hydrogen (secondary N) is 1. The van der Waals surface area contributed by atoms with Gasteiger partial charge in [-0.25, -0.2) is 8.42 Å². The van der Waals surface area contributed by atoms with Crippen molar-refractivity contribution in [1.29, 1.82) is 0 Å². The van der Waals surface area contributed by atoms with Crippen LogP contribution in [-0.2, 0) is 26.9 Å². The molecule has 0 saturated heterocycles. The average Bonchev–Trinajstić information content (AvgIpc) is 2.45. The van der Waals surface area contributed by atoms with Crippen molar-refractivity contribution >= 4 is 15.7 Å². The maximum absolute atomic E-state index is 12.0. The average molecular weight is 307 g/mol. The summed E-state index contributed by atoms with van der Waals surface area (Å²) in [5.74, 6) is 0.229. The lowest BCUT2D eigenvalue weighted by Crippen LogP contribution is -2.30. The van der Waals surface area contributed by atoms with Crippen molar-refractivity contribution in [3.8, 4) is 0 Å². The first-order chi connectivity index (χ1) is 9.94. The van der Waals surface area contributed by atoms with E-state index in [2.05, 4.69) is 17.5 Å². The second-order valence-electron chi connectivity index (χ2n) is 5.59. The molecule has 1 atom stereocenters. The SMILES string of the molecule is CS(=O)(=O)Cc1ccc(CNC(=O)[C@H]2CC=CCC2)cc1. The van der Waals surface area contributed by atoms with Crippen molar-refractivity contribution in [2.24, 2.45) is 5.92 Å². The van der Waals surface area contributed by atoms with E-state index in [1.54, 1.807) is 12.1 Å². The zero-order valence-electron chi connectivity index (χ0n) is 12.2. The molecule has 0 saturated carbocycles. The molecule has 0 bridgehead atoms. The van der Waals surface area contributed by atoms with Crippen LogP contribution in [0.2, 0.25) is 0 Å². The molecule has 1 aromatic carbocycles. The van der Waals surface area contributed by atoms with Crippen molar-refractivity contribution in [1.82, 2.24) is 5.32 Å². The number of hydrogen-bond acceptors (Lipinski definition) is 3. The Morgan fingerprint density at radius 3 is 2.43 bits per heavy atom. The van der Waals surface area contributed by atoms with Crippen molar-refractivity contribution in [3.63, 3.8) is 0 Å². The van der Waals surface area contributed by atoms with Gasteiger partial charge >= 0.3 is 0 Å². The van der Waals surface area contributed by atoms with Gasteiger partial charge in [0.1, 0.15) is 0 Å². The second kappa shape index (κ2) is 6.89. The Balaban J connectivity index is 1.86. The van der Waals surface area contributed by atoms with Gasteiger partial charge in [0.05, 0.1) is 5.75 Å². The molecule has 0 aliphatic heterocycles. The predicted molar refractivity (Wildman–Crippen MR) is 83.3 cm³/mol. The van der Waals surface area contributed by atoms with Gasteiger partial charge < -0.3 is 5.32 Å². The van der Waals surface area contributed by atoms with Crippen LogP contribution in [0.25, 0.3) is 0 Å². The highest BCUT2D eigenvalue weighted by Gasteiger charge is 2.17. The highest BCUT2D eigenvalue weighted by Crippen LogP contribution is 2.18. The Labute approximate surface area is 126 Å². The van der Waals surface area contributed by atoms with Crippen LogP contribution >= 0.6 is 0 Å². The number of benzene rings is 1. The fourth-order valence-electron chi connectivity index (χ4n) is 2.42. The zero-order valence-corrected chi connectivity index (χ0v) is 13.0. The van der Waals surface area contributed by atoms with E-state index in [9.17, 15) is 13.2 Å². The topological polar surface area (TPSA) is 63.2 Å². The molecule has 1 N–H and O–H groups in total. The van der Waals surface area contributed by atoms with E-state index in [1.807, 2.05) is 12.1 Å². The lowest BCUT2D eigenvalue weighted by atomic mass is 9.93. The summed E-state index contributed by atoms with van der Waals surface area (Å²) in [6, 6.07) is 7.32. The summed E-state index contributed by atoms with van der Waals surface area (Å²) in [6.07, 6.45) is 8.10. The number of carbonyl (C=O) groups is 1. The van der Waals surface area contributed by atoms with E-state index in [0.29, 0.717) is 6.54 Å². The molecule has 114 valence electrons. The van der Waals surface area contributed by atoms with Crippen LogP contribution in [0, 0.1) is 5.92 Å². The third-order valence-corrected chi connectivity index (χ3v) is 4.42. The van der Waals surface area contributed by atoms with Crippen LogP contribution < -0.4 is 5.32 Å². The molecule has 5 heteroatoms. The fourth-order valence-corrected chi connectivity index (χ4v) is 3.22. The first-order valence-corrected chi connectivity index (χ1v) is 9.18. The standard InChI is InChI=1S/C16H21NO3S/c1-21(19,20)12-14-9-7-13(8-10-14)11-17-16(18)15-5-3-2-4-6-15/h2-3,7-10,15H,4-6,11-12H2,1H3,(H,17,18)/t15-/m0/s1. The monoisotopic (exact) mass is 307 g/mol. The Hall–Kier alpha value is -1.62. The lowest BCUT2D eigenvalue weighted by molar-refractivity contribution is -0.125. The van der Waals surface area contributed by atoms with Gasteiger partial charge in [-0.2, -0.15) is 0 Å². The molecular weight excluding hydrogens is 286 g/mol. The van der Waals surface area contributed by atoms with Crippen LogP contribution in [0.4, 0.5) is 0 Å². The van der Waals surface area contributed by atoms with Crippen molar-refractivity contribution in [2.45, 2.75) is 31.6 Å². The molecule has 0 radical (unpaired) electrons. The Bertz CT molecular complexity index is 617. The van der Waals surface area contributed by atoms with Gasteiger partial charge in [0.25, 0.3) is 0 Å². The smallest absolute Gasteiger partial charge is 0.223 e. The van der Waals surface area contributed by atoms with E-state index in [0.717, 1.165) is 30.4 Å². The van der Waals surface area contributed by atoms with Gasteiger partial charge in [0, 0.05) is 18.7 Å². The minimum absolute atomic E-state index is 0.0497. The summed E-state index contributed by atoms with van der Waals surface area (Å²) in [5, 5.41) is 2.95. The molecule has 1 aliphatic carbocycles. The minimum atomic E-state index is -3.01. The van der Waals surface area contributed by atoms with E-state index < -0.39 is 9.84 Å². The van der Waals surface area contributed by atoms with Crippen LogP contribution in [0.5, 0.6) is 0 Å². The fraction of sp³-hybridized carbons (Fsp3) is 0.438. The highest BCUT2D eigenvalue weighted by molar-refractivity contribution is 7.89. The Morgan fingerprint density at radius 2 is 1.86 bits per heavy atom. The molecule has 1 amide bonds. The summed E-state index contributed by atoms with van der Waals surface area (Å²) in [5.41, 5.74) is 1.75. The molecule has 0 spiro atoms. The summed E-state index contributed by atoms with van der Waals surface area (Å²) in [7, 11) is -3.01. The van der Waals surface area contributed by atoms with Gasteiger partial charge in [-0.15, -0.1) is 0 Å². The number of sulfone groups is 1. The quantitative estimate of drug-likeness (QED) is 0.848. The highest BCUT2D eigenvalue weighted by atomic mass is 32.2. The van der Waals surface area contributed by atoms with Crippen LogP contribution in [0.3, 0.4) is 0 Å². The van der Waals surface area contributed by atoms with Crippen molar-refractivity contribution < 1.29 is 13.2 Å². The predicted octanol–water partition coefficient (Wildman–Crippen LogP) is 2.20. The summed E-state index contributed by atoms with van der Waals surface area (Å²) < 4.78 is 22.4. The molecule has 4 nitrogen and oxygen atoms in total. The van der Waals surface area contributed by atoms with E-state index in [-0.39, 0.29) is 17.6 Å². The number of allylic oxidation sites excluding steroid dienone is 2. The third kappa shape index (κ3) is 5.34. The first-order valence-electron chi connectivity index (χ1n) is 7.12. The third-order valence-electron chi connectivity index (χ3n) is 3.56. The van der Waals surface area contributed by atoms with Crippen LogP contribution in [0.1, 0.15) is 30.4 Å². The van der Waals surface area contributed by atoms with E-state index in [1.165, 1.54) is 6.26 Å². The summed E-state index contributed by atoms with van der Waals surface area (Å²) >= 11 is 0. The maximum Gasteiger partial charge on any atom is 0.223 e. The molecule has 0 heterocycles. The van der Waals surface area contributed by atoms with Gasteiger partial charge in [-0.3, -0.25) is 4.79 Å². The molecule has 2 rings (SSSR count). The molecule has 0 fully saturated rings. The largest absolute Gasteiger partial charge is 0.352 e. The minimum Gasteiger partial charge on any atom is -0.352 e. The molecular formula is C16H21NO3S. The van der Waals surface area contributed by atoms with Crippen LogP contribution in [0.15, 0.2) is 36.4 Å². The second-order valence-corrected chi connectivity index (χ2v) is 7.73. The molecule has 0 aromatic heterocycles. The summed E-state index contributed by atoms with van der Waals surface area (Å²) in [4.78, 5) is 12.0. The Morgan fingerprint density at radius 1 is 1.19 bits per heavy atom. The Kier molecular flexibility index (Phi) is 5.17. The number of hydrogen-bond donors (Lipinski definition) is 1. The number of rotatable bonds is 5. The van der Waals surface area contributed by atoms with Gasteiger partial charge in [-0.1, -0.05) is 36.4 Å². The van der Waals surface area contributed by atoms with Gasteiger partial charge in [0.15, 0.2) is 9.84 Å². The summed E-state index contributed by atoms with van der Waals surface area (Å²) in [6.45, 7) is 0.484. The molecule has 21 heavy (non-hydrogen) atoms. The zero-order chi connectivity index (χ0) is 15.3. The van der Waals surface area contributed by atoms with Gasteiger partial charge in [-0.05, 0) is 30.4 Å². The number of carbonyl (C=O) groups excluding carboxylic acids is 1. The van der Waals surface area contributed by atoms with Crippen molar-refractivity contribution in [2.75, 3.05) is 6.26 Å². The van der Waals surface area contributed by atoms with Gasteiger partial charge in [0.2, 0.25) is 5.91 Å². The normalized spacial score (nSPS) is 18.4. The first kappa shape index (κ1) is 15.8.